The van der Waals surface area contributed by atoms with Crippen LogP contribution in [0.15, 0.2) is 133 Å². The van der Waals surface area contributed by atoms with Crippen molar-refractivity contribution in [2.24, 2.45) is 0 Å². The number of nitrogens with one attached hydrogen (secondary N) is 1. The topological polar surface area (TPSA) is 12.0 Å². The van der Waals surface area contributed by atoms with Crippen molar-refractivity contribution in [3.63, 3.8) is 0 Å². The van der Waals surface area contributed by atoms with Crippen LogP contribution in [0.3, 0.4) is 0 Å². The molecule has 0 saturated carbocycles. The molecule has 0 heterocycles. The van der Waals surface area contributed by atoms with Crippen LogP contribution in [0.25, 0.3) is 44.2 Å². The summed E-state index contributed by atoms with van der Waals surface area (Å²) in [4.78, 5) is 0. The van der Waals surface area contributed by atoms with Gasteiger partial charge >= 0.3 is 0 Å². The zero-order valence-electron chi connectivity index (χ0n) is 21.7. The summed E-state index contributed by atoms with van der Waals surface area (Å²) in [5.74, 6) is 0. The van der Waals surface area contributed by atoms with Gasteiger partial charge in [0.15, 0.2) is 0 Å². The Morgan fingerprint density at radius 2 is 1.11 bits per heavy atom. The number of anilines is 2. The number of hydrogen-bond donors (Lipinski definition) is 1. The van der Waals surface area contributed by atoms with Gasteiger partial charge < -0.3 is 5.32 Å². The summed E-state index contributed by atoms with van der Waals surface area (Å²) in [6.45, 7) is 4.71. The Balaban J connectivity index is 1.47. The summed E-state index contributed by atoms with van der Waals surface area (Å²) in [6.07, 6.45) is 0. The third kappa shape index (κ3) is 3.55. The maximum absolute atomic E-state index is 3.81. The van der Waals surface area contributed by atoms with Crippen molar-refractivity contribution < 1.29 is 0 Å². The summed E-state index contributed by atoms with van der Waals surface area (Å²) in [7, 11) is 0. The fraction of sp³-hybridized carbons (Fsp3) is 0.0811. The number of hydrogen-bond acceptors (Lipinski definition) is 1. The van der Waals surface area contributed by atoms with Crippen LogP contribution >= 0.6 is 0 Å². The number of rotatable bonds is 4. The molecule has 0 aromatic heterocycles. The first kappa shape index (κ1) is 22.6. The highest BCUT2D eigenvalue weighted by atomic mass is 14.9. The van der Waals surface area contributed by atoms with Crippen molar-refractivity contribution >= 4 is 22.1 Å². The third-order valence-electron chi connectivity index (χ3n) is 8.04. The second kappa shape index (κ2) is 8.75. The van der Waals surface area contributed by atoms with Crippen LogP contribution in [0.1, 0.15) is 25.0 Å². The molecule has 0 aliphatic heterocycles. The van der Waals surface area contributed by atoms with Gasteiger partial charge in [0.1, 0.15) is 0 Å². The molecule has 0 spiro atoms. The van der Waals surface area contributed by atoms with E-state index in [-0.39, 0.29) is 5.41 Å². The van der Waals surface area contributed by atoms with Crippen LogP contribution in [-0.2, 0) is 5.41 Å². The van der Waals surface area contributed by atoms with Crippen molar-refractivity contribution in [3.05, 3.63) is 145 Å². The molecule has 38 heavy (non-hydrogen) atoms. The Hall–Kier alpha value is -4.62. The molecule has 0 fully saturated rings. The number of benzene rings is 6. The predicted molar refractivity (Wildman–Crippen MR) is 162 cm³/mol. The predicted octanol–water partition coefficient (Wildman–Crippen LogP) is 10.2. The monoisotopic (exact) mass is 487 g/mol. The van der Waals surface area contributed by atoms with Crippen LogP contribution < -0.4 is 5.32 Å². The molecule has 0 bridgehead atoms. The third-order valence-corrected chi connectivity index (χ3v) is 8.04. The molecular formula is C37H29N. The van der Waals surface area contributed by atoms with Gasteiger partial charge in [-0.3, -0.25) is 0 Å². The van der Waals surface area contributed by atoms with Gasteiger partial charge in [-0.15, -0.1) is 0 Å². The van der Waals surface area contributed by atoms with E-state index in [1.54, 1.807) is 0 Å². The second-order valence-corrected chi connectivity index (χ2v) is 10.7. The van der Waals surface area contributed by atoms with Crippen molar-refractivity contribution in [2.75, 3.05) is 5.32 Å². The summed E-state index contributed by atoms with van der Waals surface area (Å²) >= 11 is 0. The highest BCUT2D eigenvalue weighted by Gasteiger charge is 2.35. The zero-order valence-corrected chi connectivity index (χ0v) is 21.7. The fourth-order valence-electron chi connectivity index (χ4n) is 6.17. The van der Waals surface area contributed by atoms with E-state index in [9.17, 15) is 0 Å². The van der Waals surface area contributed by atoms with E-state index in [0.717, 1.165) is 11.4 Å². The Labute approximate surface area is 224 Å². The molecule has 1 aliphatic carbocycles. The van der Waals surface area contributed by atoms with Gasteiger partial charge in [-0.25, -0.2) is 0 Å². The molecule has 6 aromatic rings. The van der Waals surface area contributed by atoms with Crippen molar-refractivity contribution in [1.82, 2.24) is 0 Å². The first-order chi connectivity index (χ1) is 18.6. The summed E-state index contributed by atoms with van der Waals surface area (Å²) in [6, 6.07) is 48.1. The van der Waals surface area contributed by atoms with E-state index in [0.29, 0.717) is 0 Å². The summed E-state index contributed by atoms with van der Waals surface area (Å²) in [5.41, 5.74) is 12.5. The van der Waals surface area contributed by atoms with Gasteiger partial charge in [-0.1, -0.05) is 129 Å². The first-order valence-electron chi connectivity index (χ1n) is 13.3. The minimum absolute atomic E-state index is 0.0702. The minimum Gasteiger partial charge on any atom is -0.355 e. The second-order valence-electron chi connectivity index (χ2n) is 10.7. The Kier molecular flexibility index (Phi) is 5.19. The van der Waals surface area contributed by atoms with Crippen molar-refractivity contribution in [2.45, 2.75) is 19.3 Å². The van der Waals surface area contributed by atoms with E-state index in [2.05, 4.69) is 153 Å². The Morgan fingerprint density at radius 1 is 0.500 bits per heavy atom. The Morgan fingerprint density at radius 3 is 1.84 bits per heavy atom. The molecule has 0 amide bonds. The van der Waals surface area contributed by atoms with Crippen molar-refractivity contribution in [3.8, 4) is 33.4 Å². The van der Waals surface area contributed by atoms with Gasteiger partial charge in [0.05, 0.1) is 0 Å². The molecule has 6 aromatic carbocycles. The molecular weight excluding hydrogens is 458 g/mol. The van der Waals surface area contributed by atoms with E-state index >= 15 is 0 Å². The van der Waals surface area contributed by atoms with Gasteiger partial charge in [-0.05, 0) is 62.4 Å². The zero-order chi connectivity index (χ0) is 25.7. The molecule has 0 unspecified atom stereocenters. The molecule has 0 radical (unpaired) electrons. The lowest BCUT2D eigenvalue weighted by molar-refractivity contribution is 0.645. The first-order valence-corrected chi connectivity index (χ1v) is 13.3. The molecule has 1 nitrogen and oxygen atoms in total. The van der Waals surface area contributed by atoms with Gasteiger partial charge in [-0.2, -0.15) is 0 Å². The quantitative estimate of drug-likeness (QED) is 0.261. The maximum atomic E-state index is 3.81. The van der Waals surface area contributed by atoms with Crippen LogP contribution in [0, 0.1) is 0 Å². The maximum Gasteiger partial charge on any atom is 0.0476 e. The van der Waals surface area contributed by atoms with Crippen LogP contribution in [-0.4, -0.2) is 0 Å². The normalized spacial score (nSPS) is 13.2. The van der Waals surface area contributed by atoms with Crippen LogP contribution in [0.2, 0.25) is 0 Å². The van der Waals surface area contributed by atoms with Gasteiger partial charge in [0.25, 0.3) is 0 Å². The molecule has 182 valence electrons. The Bertz CT molecular complexity index is 1780. The van der Waals surface area contributed by atoms with E-state index in [1.807, 2.05) is 0 Å². The average molecular weight is 488 g/mol. The lowest BCUT2D eigenvalue weighted by Gasteiger charge is -2.36. The molecule has 0 saturated heterocycles. The highest BCUT2D eigenvalue weighted by molar-refractivity contribution is 6.13. The summed E-state index contributed by atoms with van der Waals surface area (Å²) in [5, 5.41) is 6.44. The lowest BCUT2D eigenvalue weighted by Crippen LogP contribution is -2.24. The SMILES string of the molecule is CC1(C)c2ccccc2-c2c(-c3ccccc3)c(Nc3ccc(-c4ccccc4)cc3)cc3cccc1c23. The van der Waals surface area contributed by atoms with E-state index in [4.69, 9.17) is 0 Å². The van der Waals surface area contributed by atoms with Crippen molar-refractivity contribution in [1.29, 1.82) is 0 Å². The van der Waals surface area contributed by atoms with E-state index < -0.39 is 0 Å². The highest BCUT2D eigenvalue weighted by Crippen LogP contribution is 2.53. The average Bonchev–Trinajstić information content (AvgIpc) is 2.97. The molecule has 0 atom stereocenters. The van der Waals surface area contributed by atoms with Crippen LogP contribution in [0.4, 0.5) is 11.4 Å². The summed E-state index contributed by atoms with van der Waals surface area (Å²) < 4.78 is 0. The smallest absolute Gasteiger partial charge is 0.0476 e. The molecule has 1 aliphatic rings. The number of fused-ring (bicyclic) bond motifs is 2. The minimum atomic E-state index is -0.0702. The van der Waals surface area contributed by atoms with Crippen LogP contribution in [0.5, 0.6) is 0 Å². The largest absolute Gasteiger partial charge is 0.355 e. The fourth-order valence-corrected chi connectivity index (χ4v) is 6.17. The van der Waals surface area contributed by atoms with Gasteiger partial charge in [0, 0.05) is 27.9 Å². The molecule has 1 N–H and O–H groups in total. The molecule has 1 heteroatoms. The van der Waals surface area contributed by atoms with Gasteiger partial charge in [0.2, 0.25) is 0 Å². The molecule has 7 rings (SSSR count). The lowest BCUT2D eigenvalue weighted by atomic mass is 9.67. The van der Waals surface area contributed by atoms with E-state index in [1.165, 1.54) is 55.3 Å². The standard InChI is InChI=1S/C37H29N/c1-37(2)31-18-10-9-17-30(31)36-34-28(16-11-19-32(34)37)24-33(35(36)27-14-7-4-8-15-27)38-29-22-20-26(21-23-29)25-12-5-3-6-13-25/h3-24,38H,1-2H3.